The minimum absolute atomic E-state index is 0.315. The van der Waals surface area contributed by atoms with E-state index in [1.54, 1.807) is 0 Å². The first kappa shape index (κ1) is 9.44. The van der Waals surface area contributed by atoms with Crippen LogP contribution in [0.5, 0.6) is 0 Å². The molecular formula is C8H12N4O. The van der Waals surface area contributed by atoms with E-state index >= 15 is 0 Å². The molecule has 0 bridgehead atoms. The van der Waals surface area contributed by atoms with Crippen LogP contribution in [0, 0.1) is 13.8 Å². The van der Waals surface area contributed by atoms with Gasteiger partial charge in [0.2, 0.25) is 5.95 Å². The highest BCUT2D eigenvalue weighted by molar-refractivity contribution is 5.86. The van der Waals surface area contributed by atoms with Gasteiger partial charge < -0.3 is 5.32 Å². The number of anilines is 1. The number of hydrogen-bond donors (Lipinski definition) is 2. The SMILES string of the molecule is CNC(=O)Nc1nc(C)cc(C)n1. The number of aromatic nitrogens is 2. The van der Waals surface area contributed by atoms with E-state index in [9.17, 15) is 4.79 Å². The van der Waals surface area contributed by atoms with Gasteiger partial charge in [0.15, 0.2) is 0 Å². The van der Waals surface area contributed by atoms with Crippen molar-refractivity contribution in [1.29, 1.82) is 0 Å². The summed E-state index contributed by atoms with van der Waals surface area (Å²) in [7, 11) is 1.54. The van der Waals surface area contributed by atoms with Crippen molar-refractivity contribution in [2.24, 2.45) is 0 Å². The molecule has 0 aliphatic rings. The largest absolute Gasteiger partial charge is 0.341 e. The molecule has 0 atom stereocenters. The number of aryl methyl sites for hydroxylation is 2. The maximum Gasteiger partial charge on any atom is 0.321 e. The Morgan fingerprint density at radius 1 is 1.31 bits per heavy atom. The zero-order chi connectivity index (χ0) is 9.84. The Morgan fingerprint density at radius 2 is 1.85 bits per heavy atom. The Morgan fingerprint density at radius 3 is 2.31 bits per heavy atom. The van der Waals surface area contributed by atoms with Gasteiger partial charge in [-0.15, -0.1) is 0 Å². The van der Waals surface area contributed by atoms with Crippen molar-refractivity contribution >= 4 is 12.0 Å². The minimum Gasteiger partial charge on any atom is -0.341 e. The molecule has 2 N–H and O–H groups in total. The Bertz CT molecular complexity index is 304. The highest BCUT2D eigenvalue weighted by Gasteiger charge is 2.02. The molecule has 0 unspecified atom stereocenters. The Labute approximate surface area is 76.6 Å². The summed E-state index contributed by atoms with van der Waals surface area (Å²) in [6.45, 7) is 3.70. The average molecular weight is 180 g/mol. The quantitative estimate of drug-likeness (QED) is 0.673. The minimum atomic E-state index is -0.315. The second-order valence-electron chi connectivity index (χ2n) is 2.68. The number of carbonyl (C=O) groups is 1. The normalized spacial score (nSPS) is 9.46. The van der Waals surface area contributed by atoms with E-state index in [-0.39, 0.29) is 6.03 Å². The van der Waals surface area contributed by atoms with Gasteiger partial charge in [0.25, 0.3) is 0 Å². The summed E-state index contributed by atoms with van der Waals surface area (Å²) in [5, 5.41) is 4.92. The average Bonchev–Trinajstić information content (AvgIpc) is 2.02. The summed E-state index contributed by atoms with van der Waals surface area (Å²) in [5.41, 5.74) is 1.66. The predicted octanol–water partition coefficient (Wildman–Crippen LogP) is 0.845. The van der Waals surface area contributed by atoms with Crippen LogP contribution in [0.4, 0.5) is 10.7 Å². The van der Waals surface area contributed by atoms with Gasteiger partial charge in [-0.05, 0) is 19.9 Å². The fraction of sp³-hybridized carbons (Fsp3) is 0.375. The molecule has 0 saturated carbocycles. The van der Waals surface area contributed by atoms with Crippen molar-refractivity contribution in [2.75, 3.05) is 12.4 Å². The summed E-state index contributed by atoms with van der Waals surface area (Å²) in [4.78, 5) is 19.0. The standard InChI is InChI=1S/C8H12N4O/c1-5-4-6(2)11-7(10-5)12-8(13)9-3/h4H,1-3H3,(H2,9,10,11,12,13). The monoisotopic (exact) mass is 180 g/mol. The molecule has 0 aliphatic heterocycles. The van der Waals surface area contributed by atoms with Crippen molar-refractivity contribution in [3.05, 3.63) is 17.5 Å². The third kappa shape index (κ3) is 2.70. The summed E-state index contributed by atoms with van der Waals surface area (Å²) in [6, 6.07) is 1.53. The van der Waals surface area contributed by atoms with Crippen molar-refractivity contribution in [3.8, 4) is 0 Å². The maximum absolute atomic E-state index is 10.9. The fourth-order valence-corrected chi connectivity index (χ4v) is 0.946. The third-order valence-electron chi connectivity index (χ3n) is 1.43. The highest BCUT2D eigenvalue weighted by atomic mass is 16.2. The number of urea groups is 1. The Hall–Kier alpha value is -1.65. The number of amides is 2. The van der Waals surface area contributed by atoms with E-state index in [0.717, 1.165) is 11.4 Å². The zero-order valence-electron chi connectivity index (χ0n) is 7.88. The molecule has 1 aromatic rings. The van der Waals surface area contributed by atoms with Gasteiger partial charge in [-0.25, -0.2) is 14.8 Å². The second kappa shape index (κ2) is 3.84. The molecule has 1 rings (SSSR count). The van der Waals surface area contributed by atoms with Gasteiger partial charge in [-0.2, -0.15) is 0 Å². The van der Waals surface area contributed by atoms with Crippen LogP contribution in [0.2, 0.25) is 0 Å². The van der Waals surface area contributed by atoms with Crippen LogP contribution in [0.15, 0.2) is 6.07 Å². The molecule has 0 radical (unpaired) electrons. The Kier molecular flexibility index (Phi) is 2.79. The lowest BCUT2D eigenvalue weighted by Crippen LogP contribution is -2.25. The van der Waals surface area contributed by atoms with Crippen LogP contribution in [0.25, 0.3) is 0 Å². The van der Waals surface area contributed by atoms with Gasteiger partial charge in [0.05, 0.1) is 0 Å². The van der Waals surface area contributed by atoms with Crippen LogP contribution in [0.3, 0.4) is 0 Å². The van der Waals surface area contributed by atoms with Crippen molar-refractivity contribution in [3.63, 3.8) is 0 Å². The number of carbonyl (C=O) groups excluding carboxylic acids is 1. The van der Waals surface area contributed by atoms with E-state index in [4.69, 9.17) is 0 Å². The predicted molar refractivity (Wildman–Crippen MR) is 49.6 cm³/mol. The van der Waals surface area contributed by atoms with Gasteiger partial charge in [0.1, 0.15) is 0 Å². The number of nitrogens with one attached hydrogen (secondary N) is 2. The first-order valence-electron chi connectivity index (χ1n) is 3.93. The molecule has 0 fully saturated rings. The van der Waals surface area contributed by atoms with Crippen LogP contribution in [0.1, 0.15) is 11.4 Å². The number of nitrogens with zero attached hydrogens (tertiary/aromatic N) is 2. The van der Waals surface area contributed by atoms with Crippen LogP contribution >= 0.6 is 0 Å². The summed E-state index contributed by atoms with van der Waals surface area (Å²) >= 11 is 0. The first-order chi connectivity index (χ1) is 6.11. The molecule has 5 nitrogen and oxygen atoms in total. The van der Waals surface area contributed by atoms with Crippen molar-refractivity contribution in [1.82, 2.24) is 15.3 Å². The molecule has 13 heavy (non-hydrogen) atoms. The van der Waals surface area contributed by atoms with Crippen LogP contribution in [-0.2, 0) is 0 Å². The maximum atomic E-state index is 10.9. The summed E-state index contributed by atoms with van der Waals surface area (Å²) in [6.07, 6.45) is 0. The van der Waals surface area contributed by atoms with E-state index < -0.39 is 0 Å². The topological polar surface area (TPSA) is 66.9 Å². The number of hydrogen-bond acceptors (Lipinski definition) is 3. The molecule has 0 aliphatic carbocycles. The molecule has 0 saturated heterocycles. The van der Waals surface area contributed by atoms with Gasteiger partial charge in [-0.1, -0.05) is 0 Å². The fourth-order valence-electron chi connectivity index (χ4n) is 0.946. The summed E-state index contributed by atoms with van der Waals surface area (Å²) in [5.74, 6) is 0.330. The second-order valence-corrected chi connectivity index (χ2v) is 2.68. The molecule has 70 valence electrons. The molecular weight excluding hydrogens is 168 g/mol. The van der Waals surface area contributed by atoms with E-state index in [2.05, 4.69) is 20.6 Å². The first-order valence-corrected chi connectivity index (χ1v) is 3.93. The lowest BCUT2D eigenvalue weighted by Gasteiger charge is -2.03. The Balaban J connectivity index is 2.83. The molecule has 1 heterocycles. The number of rotatable bonds is 1. The molecule has 1 aromatic heterocycles. The van der Waals surface area contributed by atoms with Gasteiger partial charge >= 0.3 is 6.03 Å². The highest BCUT2D eigenvalue weighted by Crippen LogP contribution is 2.02. The zero-order valence-corrected chi connectivity index (χ0v) is 7.88. The van der Waals surface area contributed by atoms with E-state index in [0.29, 0.717) is 5.95 Å². The molecule has 0 spiro atoms. The summed E-state index contributed by atoms with van der Waals surface area (Å²) < 4.78 is 0. The van der Waals surface area contributed by atoms with Crippen molar-refractivity contribution < 1.29 is 4.79 Å². The van der Waals surface area contributed by atoms with Crippen LogP contribution < -0.4 is 10.6 Å². The molecule has 0 aromatic carbocycles. The van der Waals surface area contributed by atoms with E-state index in [1.807, 2.05) is 19.9 Å². The van der Waals surface area contributed by atoms with Crippen LogP contribution in [-0.4, -0.2) is 23.0 Å². The molecule has 5 heteroatoms. The van der Waals surface area contributed by atoms with Crippen molar-refractivity contribution in [2.45, 2.75) is 13.8 Å². The lowest BCUT2D eigenvalue weighted by atomic mass is 10.4. The van der Waals surface area contributed by atoms with Gasteiger partial charge in [0, 0.05) is 18.4 Å². The molecule has 2 amide bonds. The van der Waals surface area contributed by atoms with E-state index in [1.165, 1.54) is 7.05 Å². The third-order valence-corrected chi connectivity index (χ3v) is 1.43. The lowest BCUT2D eigenvalue weighted by molar-refractivity contribution is 0.254. The smallest absolute Gasteiger partial charge is 0.321 e. The van der Waals surface area contributed by atoms with Gasteiger partial charge in [-0.3, -0.25) is 5.32 Å².